The number of rotatable bonds is 2. The lowest BCUT2D eigenvalue weighted by Crippen LogP contribution is -2.35. The molecule has 1 fully saturated rings. The van der Waals surface area contributed by atoms with Crippen molar-refractivity contribution in [2.75, 3.05) is 17.2 Å². The molecule has 104 valence electrons. The summed E-state index contributed by atoms with van der Waals surface area (Å²) in [6, 6.07) is 2.79. The van der Waals surface area contributed by atoms with Crippen molar-refractivity contribution in [3.8, 4) is 0 Å². The summed E-state index contributed by atoms with van der Waals surface area (Å²) >= 11 is 1.70. The van der Waals surface area contributed by atoms with Crippen LogP contribution in [0.25, 0.3) is 0 Å². The normalized spacial score (nSPS) is 19.4. The average Bonchev–Trinajstić information content (AvgIpc) is 2.80. The molecule has 0 aromatic heterocycles. The van der Waals surface area contributed by atoms with E-state index in [0.717, 1.165) is 36.1 Å². The van der Waals surface area contributed by atoms with Gasteiger partial charge in [0, 0.05) is 17.5 Å². The van der Waals surface area contributed by atoms with Gasteiger partial charge in [0.2, 0.25) is 0 Å². The van der Waals surface area contributed by atoms with Gasteiger partial charge in [-0.2, -0.15) is 24.9 Å². The van der Waals surface area contributed by atoms with Crippen molar-refractivity contribution in [3.63, 3.8) is 0 Å². The first kappa shape index (κ1) is 14.0. The number of carbonyl (C=O) groups excluding carboxylic acids is 1. The summed E-state index contributed by atoms with van der Waals surface area (Å²) < 4.78 is 37.8. The topological polar surface area (TPSA) is 55.1 Å². The van der Waals surface area contributed by atoms with E-state index in [1.54, 1.807) is 11.8 Å². The third kappa shape index (κ3) is 3.34. The van der Waals surface area contributed by atoms with E-state index >= 15 is 0 Å². The van der Waals surface area contributed by atoms with Crippen LogP contribution in [0, 0.1) is 0 Å². The lowest BCUT2D eigenvalue weighted by atomic mass is 10.1. The molecule has 1 unspecified atom stereocenters. The zero-order valence-electron chi connectivity index (χ0n) is 9.96. The van der Waals surface area contributed by atoms with E-state index in [9.17, 15) is 18.0 Å². The number of amides is 1. The Balaban J connectivity index is 2.20. The predicted octanol–water partition coefficient (Wildman–Crippen LogP) is 2.52. The zero-order chi connectivity index (χ0) is 14.0. The second kappa shape index (κ2) is 5.32. The van der Waals surface area contributed by atoms with Crippen LogP contribution >= 0.6 is 11.8 Å². The lowest BCUT2D eigenvalue weighted by Gasteiger charge is -2.14. The molecule has 1 saturated heterocycles. The van der Waals surface area contributed by atoms with Gasteiger partial charge >= 0.3 is 6.18 Å². The van der Waals surface area contributed by atoms with E-state index in [4.69, 9.17) is 5.73 Å². The standard InChI is InChI=1S/C12H13F3N2OS/c13-12(14,15)7-1-2-10(16)9(5-7)11(18)17-8-3-4-19-6-8/h1-2,5,8H,3-4,6,16H2,(H,17,18). The maximum absolute atomic E-state index is 12.6. The zero-order valence-corrected chi connectivity index (χ0v) is 10.8. The van der Waals surface area contributed by atoms with E-state index in [1.807, 2.05) is 0 Å². The molecule has 1 aromatic rings. The fourth-order valence-electron chi connectivity index (χ4n) is 1.84. The quantitative estimate of drug-likeness (QED) is 0.823. The first-order valence-corrected chi connectivity index (χ1v) is 6.89. The smallest absolute Gasteiger partial charge is 0.398 e. The summed E-state index contributed by atoms with van der Waals surface area (Å²) in [6.45, 7) is 0. The molecule has 1 heterocycles. The highest BCUT2D eigenvalue weighted by Gasteiger charge is 2.31. The third-order valence-corrected chi connectivity index (χ3v) is 4.05. The summed E-state index contributed by atoms with van der Waals surface area (Å²) in [7, 11) is 0. The van der Waals surface area contributed by atoms with Gasteiger partial charge in [-0.3, -0.25) is 4.79 Å². The number of halogens is 3. The number of benzene rings is 1. The lowest BCUT2D eigenvalue weighted by molar-refractivity contribution is -0.137. The molecule has 1 aliphatic rings. The molecule has 1 amide bonds. The highest BCUT2D eigenvalue weighted by molar-refractivity contribution is 7.99. The Morgan fingerprint density at radius 1 is 1.42 bits per heavy atom. The summed E-state index contributed by atoms with van der Waals surface area (Å²) in [4.78, 5) is 11.9. The van der Waals surface area contributed by atoms with Crippen molar-refractivity contribution in [2.24, 2.45) is 0 Å². The Labute approximate surface area is 112 Å². The van der Waals surface area contributed by atoms with Crippen molar-refractivity contribution in [3.05, 3.63) is 29.3 Å². The minimum Gasteiger partial charge on any atom is -0.398 e. The first-order valence-electron chi connectivity index (χ1n) is 5.73. The van der Waals surface area contributed by atoms with E-state index in [-0.39, 0.29) is 17.3 Å². The second-order valence-electron chi connectivity index (χ2n) is 4.33. The molecule has 1 atom stereocenters. The number of nitrogens with one attached hydrogen (secondary N) is 1. The van der Waals surface area contributed by atoms with Crippen LogP contribution in [0.15, 0.2) is 18.2 Å². The van der Waals surface area contributed by atoms with Crippen LogP contribution in [0.1, 0.15) is 22.3 Å². The molecule has 0 radical (unpaired) electrons. The van der Waals surface area contributed by atoms with Gasteiger partial charge in [-0.05, 0) is 30.4 Å². The number of nitrogens with two attached hydrogens (primary N) is 1. The van der Waals surface area contributed by atoms with Crippen LogP contribution in [-0.4, -0.2) is 23.5 Å². The molecule has 19 heavy (non-hydrogen) atoms. The molecule has 7 heteroatoms. The van der Waals surface area contributed by atoms with Crippen molar-refractivity contribution in [2.45, 2.75) is 18.6 Å². The van der Waals surface area contributed by atoms with Crippen molar-refractivity contribution >= 4 is 23.4 Å². The summed E-state index contributed by atoms with van der Waals surface area (Å²) in [5.41, 5.74) is 4.64. The van der Waals surface area contributed by atoms with Crippen molar-refractivity contribution in [1.82, 2.24) is 5.32 Å². The van der Waals surface area contributed by atoms with Gasteiger partial charge in [-0.15, -0.1) is 0 Å². The van der Waals surface area contributed by atoms with Crippen molar-refractivity contribution < 1.29 is 18.0 Å². The fraction of sp³-hybridized carbons (Fsp3) is 0.417. The molecule has 1 aromatic carbocycles. The first-order chi connectivity index (χ1) is 8.88. The molecule has 0 spiro atoms. The third-order valence-electron chi connectivity index (χ3n) is 2.89. The van der Waals surface area contributed by atoms with Crippen LogP contribution in [0.2, 0.25) is 0 Å². The Morgan fingerprint density at radius 3 is 2.74 bits per heavy atom. The molecular formula is C12H13F3N2OS. The van der Waals surface area contributed by atoms with Crippen LogP contribution in [0.5, 0.6) is 0 Å². The molecule has 2 rings (SSSR count). The number of thioether (sulfide) groups is 1. The van der Waals surface area contributed by atoms with Gasteiger partial charge in [-0.1, -0.05) is 0 Å². The molecular weight excluding hydrogens is 277 g/mol. The van der Waals surface area contributed by atoms with E-state index < -0.39 is 17.6 Å². The number of nitrogen functional groups attached to an aromatic ring is 1. The summed E-state index contributed by atoms with van der Waals surface area (Å²) in [5, 5.41) is 2.71. The molecule has 0 aliphatic carbocycles. The van der Waals surface area contributed by atoms with Crippen LogP contribution in [0.4, 0.5) is 18.9 Å². The molecule has 3 N–H and O–H groups in total. The maximum Gasteiger partial charge on any atom is 0.416 e. The maximum atomic E-state index is 12.6. The summed E-state index contributed by atoms with van der Waals surface area (Å²) in [5.74, 6) is 1.18. The second-order valence-corrected chi connectivity index (χ2v) is 5.48. The highest BCUT2D eigenvalue weighted by atomic mass is 32.2. The Bertz CT molecular complexity index is 484. The number of hydrogen-bond acceptors (Lipinski definition) is 3. The van der Waals surface area contributed by atoms with Gasteiger partial charge in [-0.25, -0.2) is 0 Å². The monoisotopic (exact) mass is 290 g/mol. The average molecular weight is 290 g/mol. The SMILES string of the molecule is Nc1ccc(C(F)(F)F)cc1C(=O)NC1CCSC1. The van der Waals surface area contributed by atoms with Gasteiger partial charge < -0.3 is 11.1 Å². The molecule has 0 saturated carbocycles. The Kier molecular flexibility index (Phi) is 3.93. The fourth-order valence-corrected chi connectivity index (χ4v) is 2.99. The van der Waals surface area contributed by atoms with Crippen LogP contribution in [-0.2, 0) is 6.18 Å². The molecule has 0 bridgehead atoms. The Morgan fingerprint density at radius 2 is 2.16 bits per heavy atom. The van der Waals surface area contributed by atoms with Crippen molar-refractivity contribution in [1.29, 1.82) is 0 Å². The number of anilines is 1. The van der Waals surface area contributed by atoms with Gasteiger partial charge in [0.1, 0.15) is 0 Å². The number of alkyl halides is 3. The minimum absolute atomic E-state index is 0.00597. The largest absolute Gasteiger partial charge is 0.416 e. The van der Waals surface area contributed by atoms with E-state index in [2.05, 4.69) is 5.32 Å². The van der Waals surface area contributed by atoms with E-state index in [0.29, 0.717) is 0 Å². The minimum atomic E-state index is -4.48. The number of hydrogen-bond donors (Lipinski definition) is 2. The highest BCUT2D eigenvalue weighted by Crippen LogP contribution is 2.31. The van der Waals surface area contributed by atoms with Gasteiger partial charge in [0.05, 0.1) is 11.1 Å². The van der Waals surface area contributed by atoms with Crippen LogP contribution in [0.3, 0.4) is 0 Å². The van der Waals surface area contributed by atoms with Crippen LogP contribution < -0.4 is 11.1 Å². The Hall–Kier alpha value is -1.37. The predicted molar refractivity (Wildman–Crippen MR) is 69.1 cm³/mol. The number of carbonyl (C=O) groups is 1. The molecule has 3 nitrogen and oxygen atoms in total. The van der Waals surface area contributed by atoms with Gasteiger partial charge in [0.25, 0.3) is 5.91 Å². The molecule has 1 aliphatic heterocycles. The van der Waals surface area contributed by atoms with Gasteiger partial charge in [0.15, 0.2) is 0 Å². The summed E-state index contributed by atoms with van der Waals surface area (Å²) in [6.07, 6.45) is -3.65. The van der Waals surface area contributed by atoms with E-state index in [1.165, 1.54) is 0 Å².